The van der Waals surface area contributed by atoms with Gasteiger partial charge in [0.15, 0.2) is 0 Å². The van der Waals surface area contributed by atoms with Crippen molar-refractivity contribution in [3.63, 3.8) is 0 Å². The Bertz CT molecular complexity index is 414. The number of hydrogen-bond acceptors (Lipinski definition) is 2. The molecule has 19 heavy (non-hydrogen) atoms. The fourth-order valence-electron chi connectivity index (χ4n) is 1.96. The number of amides is 1. The highest BCUT2D eigenvalue weighted by Crippen LogP contribution is 2.25. The molecular formula is C16H26N2O. The van der Waals surface area contributed by atoms with E-state index < -0.39 is 0 Å². The van der Waals surface area contributed by atoms with E-state index in [0.29, 0.717) is 0 Å². The average Bonchev–Trinajstić information content (AvgIpc) is 2.44. The largest absolute Gasteiger partial charge is 0.340 e. The molecule has 0 aromatic heterocycles. The number of benzene rings is 1. The van der Waals surface area contributed by atoms with Crippen molar-refractivity contribution in [2.45, 2.75) is 45.7 Å². The molecule has 0 aliphatic carbocycles. The van der Waals surface area contributed by atoms with Gasteiger partial charge in [0, 0.05) is 18.6 Å². The van der Waals surface area contributed by atoms with Crippen molar-refractivity contribution in [2.75, 3.05) is 7.05 Å². The van der Waals surface area contributed by atoms with Crippen LogP contribution in [0.2, 0.25) is 0 Å². The zero-order valence-corrected chi connectivity index (χ0v) is 12.7. The Kier molecular flexibility index (Phi) is 5.12. The van der Waals surface area contributed by atoms with E-state index in [1.54, 1.807) is 0 Å². The predicted octanol–water partition coefficient (Wildman–Crippen LogP) is 2.97. The number of carbonyl (C=O) groups excluding carboxylic acids is 1. The molecule has 2 unspecified atom stereocenters. The Balaban J connectivity index is 2.83. The Labute approximate surface area is 116 Å². The van der Waals surface area contributed by atoms with E-state index in [-0.39, 0.29) is 23.4 Å². The van der Waals surface area contributed by atoms with Crippen LogP contribution in [0.25, 0.3) is 0 Å². The van der Waals surface area contributed by atoms with E-state index >= 15 is 0 Å². The molecule has 2 atom stereocenters. The monoisotopic (exact) mass is 262 g/mol. The highest BCUT2D eigenvalue weighted by Gasteiger charge is 2.31. The quantitative estimate of drug-likeness (QED) is 0.886. The highest BCUT2D eigenvalue weighted by molar-refractivity contribution is 5.80. The number of hydrogen-bond donors (Lipinski definition) is 1. The minimum absolute atomic E-state index is 0.100. The summed E-state index contributed by atoms with van der Waals surface area (Å²) in [7, 11) is 1.86. The average molecular weight is 262 g/mol. The molecule has 0 spiro atoms. The summed E-state index contributed by atoms with van der Waals surface area (Å²) in [6.07, 6.45) is 0.919. The molecule has 2 N–H and O–H groups in total. The minimum Gasteiger partial charge on any atom is -0.340 e. The molecule has 0 fully saturated rings. The maximum absolute atomic E-state index is 12.5. The van der Waals surface area contributed by atoms with Crippen molar-refractivity contribution < 1.29 is 4.79 Å². The summed E-state index contributed by atoms with van der Waals surface area (Å²) in [6.45, 7) is 8.14. The second-order valence-electron chi connectivity index (χ2n) is 5.79. The predicted molar refractivity (Wildman–Crippen MR) is 79.7 cm³/mol. The third kappa shape index (κ3) is 3.57. The number of nitrogens with zero attached hydrogens (tertiary/aromatic N) is 1. The molecule has 0 heterocycles. The standard InChI is InChI=1S/C16H26N2O/c1-6-16(3,4)18(5)15(19)12(2)14(17)13-10-8-7-9-11-13/h7-12,14H,6,17H2,1-5H3. The van der Waals surface area contributed by atoms with Crippen molar-refractivity contribution in [3.8, 4) is 0 Å². The van der Waals surface area contributed by atoms with Crippen LogP contribution in [0.15, 0.2) is 30.3 Å². The lowest BCUT2D eigenvalue weighted by atomic mass is 9.91. The van der Waals surface area contributed by atoms with Crippen LogP contribution in [0.4, 0.5) is 0 Å². The van der Waals surface area contributed by atoms with Crippen molar-refractivity contribution >= 4 is 5.91 Å². The smallest absolute Gasteiger partial charge is 0.227 e. The van der Waals surface area contributed by atoms with Crippen LogP contribution in [-0.2, 0) is 4.79 Å². The Morgan fingerprint density at radius 2 is 1.84 bits per heavy atom. The second kappa shape index (κ2) is 6.20. The van der Waals surface area contributed by atoms with Gasteiger partial charge in [-0.15, -0.1) is 0 Å². The van der Waals surface area contributed by atoms with Gasteiger partial charge in [0.05, 0.1) is 5.92 Å². The van der Waals surface area contributed by atoms with Gasteiger partial charge in [0.2, 0.25) is 5.91 Å². The molecule has 0 aliphatic heterocycles. The van der Waals surface area contributed by atoms with Gasteiger partial charge in [-0.1, -0.05) is 44.2 Å². The summed E-state index contributed by atoms with van der Waals surface area (Å²) in [4.78, 5) is 14.3. The number of nitrogens with two attached hydrogens (primary N) is 1. The zero-order chi connectivity index (χ0) is 14.6. The van der Waals surface area contributed by atoms with Gasteiger partial charge >= 0.3 is 0 Å². The fraction of sp³-hybridized carbons (Fsp3) is 0.562. The Morgan fingerprint density at radius 3 is 2.32 bits per heavy atom. The van der Waals surface area contributed by atoms with Gasteiger partial charge in [-0.05, 0) is 25.8 Å². The highest BCUT2D eigenvalue weighted by atomic mass is 16.2. The molecule has 3 heteroatoms. The molecule has 0 saturated heterocycles. The van der Waals surface area contributed by atoms with E-state index in [9.17, 15) is 4.79 Å². The lowest BCUT2D eigenvalue weighted by molar-refractivity contribution is -0.139. The van der Waals surface area contributed by atoms with Crippen LogP contribution in [0.5, 0.6) is 0 Å². The van der Waals surface area contributed by atoms with Gasteiger partial charge in [0.1, 0.15) is 0 Å². The van der Waals surface area contributed by atoms with Crippen LogP contribution in [0.1, 0.15) is 45.7 Å². The van der Waals surface area contributed by atoms with Gasteiger partial charge in [-0.2, -0.15) is 0 Å². The van der Waals surface area contributed by atoms with Crippen LogP contribution >= 0.6 is 0 Å². The summed E-state index contributed by atoms with van der Waals surface area (Å²) >= 11 is 0. The van der Waals surface area contributed by atoms with E-state index in [4.69, 9.17) is 5.73 Å². The molecule has 1 rings (SSSR count). The lowest BCUT2D eigenvalue weighted by Crippen LogP contribution is -2.48. The first-order chi connectivity index (χ1) is 8.81. The van der Waals surface area contributed by atoms with Gasteiger partial charge in [-0.25, -0.2) is 0 Å². The molecule has 0 aliphatic rings. The zero-order valence-electron chi connectivity index (χ0n) is 12.7. The topological polar surface area (TPSA) is 46.3 Å². The minimum atomic E-state index is -0.260. The first-order valence-corrected chi connectivity index (χ1v) is 6.89. The Hall–Kier alpha value is -1.35. The van der Waals surface area contributed by atoms with Gasteiger partial charge in [0.25, 0.3) is 0 Å². The third-order valence-corrected chi connectivity index (χ3v) is 4.22. The van der Waals surface area contributed by atoms with Crippen LogP contribution in [-0.4, -0.2) is 23.4 Å². The number of rotatable bonds is 5. The molecule has 1 amide bonds. The molecule has 1 aromatic carbocycles. The maximum atomic E-state index is 12.5. The Morgan fingerprint density at radius 1 is 1.32 bits per heavy atom. The third-order valence-electron chi connectivity index (χ3n) is 4.22. The second-order valence-corrected chi connectivity index (χ2v) is 5.79. The van der Waals surface area contributed by atoms with Crippen molar-refractivity contribution in [1.82, 2.24) is 4.90 Å². The fourth-order valence-corrected chi connectivity index (χ4v) is 1.96. The lowest BCUT2D eigenvalue weighted by Gasteiger charge is -2.37. The van der Waals surface area contributed by atoms with Crippen molar-refractivity contribution in [3.05, 3.63) is 35.9 Å². The van der Waals surface area contributed by atoms with E-state index in [1.807, 2.05) is 49.2 Å². The SMILES string of the molecule is CCC(C)(C)N(C)C(=O)C(C)C(N)c1ccccc1. The maximum Gasteiger partial charge on any atom is 0.227 e. The van der Waals surface area contributed by atoms with E-state index in [0.717, 1.165) is 12.0 Å². The molecule has 3 nitrogen and oxygen atoms in total. The molecular weight excluding hydrogens is 236 g/mol. The molecule has 1 aromatic rings. The first-order valence-electron chi connectivity index (χ1n) is 6.89. The van der Waals surface area contributed by atoms with E-state index in [2.05, 4.69) is 20.8 Å². The molecule has 0 bridgehead atoms. The molecule has 0 radical (unpaired) electrons. The van der Waals surface area contributed by atoms with E-state index in [1.165, 1.54) is 0 Å². The summed E-state index contributed by atoms with van der Waals surface area (Å²) in [6, 6.07) is 9.54. The van der Waals surface area contributed by atoms with Crippen LogP contribution in [0, 0.1) is 5.92 Å². The summed E-state index contributed by atoms with van der Waals surface area (Å²) in [5.74, 6) is -0.124. The van der Waals surface area contributed by atoms with Crippen molar-refractivity contribution in [2.24, 2.45) is 11.7 Å². The molecule has 0 saturated carbocycles. The summed E-state index contributed by atoms with van der Waals surface area (Å²) < 4.78 is 0. The van der Waals surface area contributed by atoms with Gasteiger partial charge < -0.3 is 10.6 Å². The summed E-state index contributed by atoms with van der Waals surface area (Å²) in [5.41, 5.74) is 7.08. The normalized spacial score (nSPS) is 14.8. The number of carbonyl (C=O) groups is 1. The van der Waals surface area contributed by atoms with Crippen LogP contribution in [0.3, 0.4) is 0 Å². The van der Waals surface area contributed by atoms with Gasteiger partial charge in [-0.3, -0.25) is 4.79 Å². The van der Waals surface area contributed by atoms with Crippen molar-refractivity contribution in [1.29, 1.82) is 0 Å². The molecule has 106 valence electrons. The summed E-state index contributed by atoms with van der Waals surface area (Å²) in [5, 5.41) is 0. The first kappa shape index (κ1) is 15.7. The van der Waals surface area contributed by atoms with Crippen LogP contribution < -0.4 is 5.73 Å².